The van der Waals surface area contributed by atoms with E-state index in [1.807, 2.05) is 50.2 Å². The van der Waals surface area contributed by atoms with Crippen molar-refractivity contribution in [3.05, 3.63) is 106 Å². The van der Waals surface area contributed by atoms with E-state index in [0.29, 0.717) is 39.3 Å². The van der Waals surface area contributed by atoms with Gasteiger partial charge in [-0.15, -0.1) is 10.2 Å². The number of nitrogens with one attached hydrogen (secondary N) is 1. The number of para-hydroxylation sites is 1. The first kappa shape index (κ1) is 24.4. The van der Waals surface area contributed by atoms with Crippen LogP contribution in [0.2, 0.25) is 0 Å². The number of phenolic OH excluding ortho intramolecular Hbond substituents is 1. The Bertz CT molecular complexity index is 1730. The summed E-state index contributed by atoms with van der Waals surface area (Å²) in [5, 5.41) is 32.2. The van der Waals surface area contributed by atoms with Crippen LogP contribution < -0.4 is 11.1 Å². The molecule has 0 aliphatic heterocycles. The number of nitrogen functional groups attached to an aromatic ring is 1. The van der Waals surface area contributed by atoms with Crippen LogP contribution in [0.5, 0.6) is 5.75 Å². The number of anilines is 3. The van der Waals surface area contributed by atoms with Gasteiger partial charge in [0.2, 0.25) is 0 Å². The highest BCUT2D eigenvalue weighted by Crippen LogP contribution is 2.45. The molecule has 0 saturated heterocycles. The molecule has 1 aliphatic rings. The maximum atomic E-state index is 13.7. The summed E-state index contributed by atoms with van der Waals surface area (Å²) in [6.07, 6.45) is 0. The number of fused-ring (bicyclic) bond motifs is 2. The molecule has 0 bridgehead atoms. The molecule has 186 valence electrons. The van der Waals surface area contributed by atoms with Gasteiger partial charge in [0.1, 0.15) is 17.5 Å². The van der Waals surface area contributed by atoms with E-state index >= 15 is 0 Å². The molecule has 0 unspecified atom stereocenters. The van der Waals surface area contributed by atoms with Crippen molar-refractivity contribution in [2.24, 2.45) is 10.2 Å². The summed E-state index contributed by atoms with van der Waals surface area (Å²) < 4.78 is 0. The first-order chi connectivity index (χ1) is 18.2. The Kier molecular flexibility index (Phi) is 5.97. The fourth-order valence-electron chi connectivity index (χ4n) is 4.80. The van der Waals surface area contributed by atoms with E-state index in [2.05, 4.69) is 33.2 Å². The van der Waals surface area contributed by atoms with Crippen LogP contribution >= 0.6 is 0 Å². The number of hydrogen-bond acceptors (Lipinski definition) is 8. The van der Waals surface area contributed by atoms with E-state index < -0.39 is 0 Å². The molecule has 8 heteroatoms. The number of nitriles is 1. The highest BCUT2D eigenvalue weighted by Gasteiger charge is 2.33. The number of hydrogen-bond donors (Lipinski definition) is 3. The van der Waals surface area contributed by atoms with Gasteiger partial charge in [-0.25, -0.2) is 4.98 Å². The number of phenols is 1. The maximum Gasteiger partial charge on any atom is 0.200 e. The molecule has 0 saturated carbocycles. The van der Waals surface area contributed by atoms with Crippen LogP contribution in [-0.2, 0) is 0 Å². The van der Waals surface area contributed by atoms with E-state index in [4.69, 9.17) is 5.73 Å². The summed E-state index contributed by atoms with van der Waals surface area (Å²) in [6, 6.07) is 18.3. The molecule has 1 aromatic heterocycles. The van der Waals surface area contributed by atoms with Crippen LogP contribution in [0.4, 0.5) is 28.7 Å². The Labute approximate surface area is 219 Å². The molecule has 1 aliphatic carbocycles. The number of carbonyl (C=O) groups is 1. The largest absolute Gasteiger partial charge is 0.507 e. The van der Waals surface area contributed by atoms with Gasteiger partial charge in [-0.1, -0.05) is 36.9 Å². The number of ketones is 1. The SMILES string of the molecule is C=C1c2c(C)ccc(O)c2C(=O)c2c(N=Nc3c(N)nc(Nc4ccccc4)c(C#N)c3C)ccc(C)c21. The van der Waals surface area contributed by atoms with Gasteiger partial charge in [-0.2, -0.15) is 5.26 Å². The predicted molar refractivity (Wildman–Crippen MR) is 148 cm³/mol. The maximum absolute atomic E-state index is 13.7. The van der Waals surface area contributed by atoms with E-state index in [9.17, 15) is 15.2 Å². The summed E-state index contributed by atoms with van der Waals surface area (Å²) in [5.41, 5.74) is 12.4. The van der Waals surface area contributed by atoms with Gasteiger partial charge in [-0.05, 0) is 72.9 Å². The normalized spacial score (nSPS) is 12.3. The molecule has 0 fully saturated rings. The average molecular weight is 501 g/mol. The van der Waals surface area contributed by atoms with Gasteiger partial charge in [0, 0.05) is 11.3 Å². The Morgan fingerprint density at radius 3 is 2.29 bits per heavy atom. The van der Waals surface area contributed by atoms with Gasteiger partial charge < -0.3 is 16.2 Å². The second-order valence-electron chi connectivity index (χ2n) is 9.11. The number of aryl methyl sites for hydroxylation is 2. The number of benzene rings is 3. The lowest BCUT2D eigenvalue weighted by Crippen LogP contribution is -2.17. The lowest BCUT2D eigenvalue weighted by Gasteiger charge is -2.25. The number of pyridine rings is 1. The molecular weight excluding hydrogens is 476 g/mol. The van der Waals surface area contributed by atoms with Crippen molar-refractivity contribution in [1.29, 1.82) is 5.26 Å². The molecule has 0 spiro atoms. The molecular formula is C30H24N6O2. The Morgan fingerprint density at radius 1 is 0.947 bits per heavy atom. The number of azo groups is 1. The molecule has 0 radical (unpaired) electrons. The summed E-state index contributed by atoms with van der Waals surface area (Å²) in [6.45, 7) is 9.73. The van der Waals surface area contributed by atoms with Crippen molar-refractivity contribution in [3.8, 4) is 11.8 Å². The number of aromatic hydroxyl groups is 1. The van der Waals surface area contributed by atoms with Crippen molar-refractivity contribution < 1.29 is 9.90 Å². The van der Waals surface area contributed by atoms with Crippen LogP contribution in [0.3, 0.4) is 0 Å². The molecule has 4 N–H and O–H groups in total. The highest BCUT2D eigenvalue weighted by atomic mass is 16.3. The smallest absolute Gasteiger partial charge is 0.200 e. The van der Waals surface area contributed by atoms with Crippen LogP contribution in [0.1, 0.15) is 49.3 Å². The third-order valence-corrected chi connectivity index (χ3v) is 6.69. The zero-order chi connectivity index (χ0) is 27.1. The molecule has 4 aromatic rings. The summed E-state index contributed by atoms with van der Waals surface area (Å²) in [7, 11) is 0. The van der Waals surface area contributed by atoms with E-state index in [0.717, 1.165) is 16.8 Å². The van der Waals surface area contributed by atoms with Gasteiger partial charge in [0.25, 0.3) is 0 Å². The van der Waals surface area contributed by atoms with Crippen molar-refractivity contribution in [2.45, 2.75) is 20.8 Å². The van der Waals surface area contributed by atoms with Gasteiger partial charge >= 0.3 is 0 Å². The number of rotatable bonds is 4. The predicted octanol–water partition coefficient (Wildman–Crippen LogP) is 6.93. The molecule has 8 nitrogen and oxygen atoms in total. The standard InChI is InChI=1S/C30H24N6O2/c1-15-10-12-21(25-23(15)18(4)24-16(2)11-13-22(37)26(24)28(25)38)35-36-27-17(3)20(14-31)30(34-29(27)32)33-19-8-6-5-7-9-19/h5-13,37H,4H2,1-3H3,(H3,32,33,34). The van der Waals surface area contributed by atoms with Gasteiger partial charge in [0.05, 0.1) is 22.4 Å². The first-order valence-corrected chi connectivity index (χ1v) is 11.9. The fraction of sp³-hybridized carbons (Fsp3) is 0.100. The molecule has 3 aromatic carbocycles. The Morgan fingerprint density at radius 2 is 1.61 bits per heavy atom. The lowest BCUT2D eigenvalue weighted by molar-refractivity contribution is 0.103. The third-order valence-electron chi connectivity index (χ3n) is 6.69. The summed E-state index contributed by atoms with van der Waals surface area (Å²) in [4.78, 5) is 18.0. The number of nitrogens with zero attached hydrogens (tertiary/aromatic N) is 4. The first-order valence-electron chi connectivity index (χ1n) is 11.9. The molecule has 38 heavy (non-hydrogen) atoms. The van der Waals surface area contributed by atoms with Crippen molar-refractivity contribution in [3.63, 3.8) is 0 Å². The van der Waals surface area contributed by atoms with Crippen LogP contribution in [0, 0.1) is 32.1 Å². The quantitative estimate of drug-likeness (QED) is 0.229. The van der Waals surface area contributed by atoms with E-state index in [1.165, 1.54) is 6.07 Å². The van der Waals surface area contributed by atoms with Crippen molar-refractivity contribution in [1.82, 2.24) is 4.98 Å². The van der Waals surface area contributed by atoms with Gasteiger partial charge in [-0.3, -0.25) is 4.79 Å². The molecule has 5 rings (SSSR count). The third kappa shape index (κ3) is 3.87. The number of nitrogens with two attached hydrogens (primary N) is 1. The summed E-state index contributed by atoms with van der Waals surface area (Å²) >= 11 is 0. The second kappa shape index (κ2) is 9.30. The number of carbonyl (C=O) groups excluding carboxylic acids is 1. The highest BCUT2D eigenvalue weighted by molar-refractivity contribution is 6.22. The zero-order valence-corrected chi connectivity index (χ0v) is 21.1. The van der Waals surface area contributed by atoms with E-state index in [1.54, 1.807) is 19.1 Å². The minimum Gasteiger partial charge on any atom is -0.507 e. The van der Waals surface area contributed by atoms with Crippen molar-refractivity contribution >= 4 is 40.1 Å². The number of aromatic nitrogens is 1. The summed E-state index contributed by atoms with van der Waals surface area (Å²) in [5.74, 6) is -0.0752. The monoisotopic (exact) mass is 500 g/mol. The van der Waals surface area contributed by atoms with Gasteiger partial charge in [0.15, 0.2) is 17.4 Å². The fourth-order valence-corrected chi connectivity index (χ4v) is 4.80. The lowest BCUT2D eigenvalue weighted by atomic mass is 9.77. The van der Waals surface area contributed by atoms with Crippen LogP contribution in [0.25, 0.3) is 5.57 Å². The topological polar surface area (TPSA) is 137 Å². The van der Waals surface area contributed by atoms with Crippen LogP contribution in [0.15, 0.2) is 71.4 Å². The minimum atomic E-state index is -0.357. The molecule has 0 amide bonds. The minimum absolute atomic E-state index is 0.0824. The van der Waals surface area contributed by atoms with Crippen molar-refractivity contribution in [2.75, 3.05) is 11.1 Å². The zero-order valence-electron chi connectivity index (χ0n) is 21.1. The molecule has 0 atom stereocenters. The average Bonchev–Trinajstić information content (AvgIpc) is 2.89. The van der Waals surface area contributed by atoms with Crippen LogP contribution in [-0.4, -0.2) is 15.9 Å². The Balaban J connectivity index is 1.61. The van der Waals surface area contributed by atoms with E-state index in [-0.39, 0.29) is 34.2 Å². The molecule has 1 heterocycles. The Hall–Kier alpha value is -5.29. The second-order valence-corrected chi connectivity index (χ2v) is 9.11.